The van der Waals surface area contributed by atoms with Crippen molar-refractivity contribution in [3.05, 3.63) is 34.6 Å². The zero-order chi connectivity index (χ0) is 13.1. The van der Waals surface area contributed by atoms with Gasteiger partial charge < -0.3 is 11.1 Å². The van der Waals surface area contributed by atoms with Crippen molar-refractivity contribution in [3.8, 4) is 0 Å². The molecule has 0 bridgehead atoms. The molecule has 5 heteroatoms. The highest BCUT2D eigenvalue weighted by Crippen LogP contribution is 2.50. The zero-order valence-electron chi connectivity index (χ0n) is 9.96. The minimum atomic E-state index is -0.329. The van der Waals surface area contributed by atoms with E-state index in [2.05, 4.69) is 5.32 Å². The summed E-state index contributed by atoms with van der Waals surface area (Å²) >= 11 is 5.97. The first-order valence-electron chi connectivity index (χ1n) is 6.07. The van der Waals surface area contributed by atoms with E-state index in [-0.39, 0.29) is 23.6 Å². The third kappa shape index (κ3) is 2.82. The number of halogens is 2. The van der Waals surface area contributed by atoms with Crippen molar-refractivity contribution in [1.29, 1.82) is 0 Å². The van der Waals surface area contributed by atoms with Gasteiger partial charge in [0.05, 0.1) is 0 Å². The van der Waals surface area contributed by atoms with Gasteiger partial charge in [-0.05, 0) is 31.5 Å². The van der Waals surface area contributed by atoms with E-state index in [0.29, 0.717) is 30.1 Å². The van der Waals surface area contributed by atoms with E-state index in [9.17, 15) is 9.18 Å². The van der Waals surface area contributed by atoms with Crippen LogP contribution in [0.5, 0.6) is 0 Å². The Hall–Kier alpha value is -1.13. The molecule has 2 unspecified atom stereocenters. The van der Waals surface area contributed by atoms with Crippen molar-refractivity contribution in [2.24, 2.45) is 11.7 Å². The SMILES string of the molecule is NCCCNC(=O)C1CC1c1c(F)cccc1Cl. The van der Waals surface area contributed by atoms with Gasteiger partial charge in [0.2, 0.25) is 5.91 Å². The second-order valence-corrected chi connectivity index (χ2v) is 4.92. The van der Waals surface area contributed by atoms with Gasteiger partial charge >= 0.3 is 0 Å². The van der Waals surface area contributed by atoms with Gasteiger partial charge in [0.15, 0.2) is 0 Å². The van der Waals surface area contributed by atoms with E-state index in [1.54, 1.807) is 12.1 Å². The highest BCUT2D eigenvalue weighted by Gasteiger charge is 2.45. The molecule has 3 N–H and O–H groups in total. The Morgan fingerprint density at radius 3 is 3.00 bits per heavy atom. The molecule has 1 saturated carbocycles. The first kappa shape index (κ1) is 13.3. The average Bonchev–Trinajstić information content (AvgIpc) is 3.09. The maximum Gasteiger partial charge on any atom is 0.223 e. The molecule has 0 spiro atoms. The molecular weight excluding hydrogens is 255 g/mol. The van der Waals surface area contributed by atoms with Crippen molar-refractivity contribution in [3.63, 3.8) is 0 Å². The normalized spacial score (nSPS) is 21.7. The number of benzene rings is 1. The van der Waals surface area contributed by atoms with Crippen LogP contribution in [0.25, 0.3) is 0 Å². The van der Waals surface area contributed by atoms with E-state index >= 15 is 0 Å². The van der Waals surface area contributed by atoms with Crippen LogP contribution in [-0.2, 0) is 4.79 Å². The minimum Gasteiger partial charge on any atom is -0.356 e. The van der Waals surface area contributed by atoms with Gasteiger partial charge in [-0.15, -0.1) is 0 Å². The van der Waals surface area contributed by atoms with Crippen LogP contribution in [-0.4, -0.2) is 19.0 Å². The zero-order valence-corrected chi connectivity index (χ0v) is 10.7. The lowest BCUT2D eigenvalue weighted by molar-refractivity contribution is -0.122. The number of carbonyl (C=O) groups excluding carboxylic acids is 1. The molecule has 1 amide bonds. The molecule has 18 heavy (non-hydrogen) atoms. The van der Waals surface area contributed by atoms with Crippen LogP contribution in [0.3, 0.4) is 0 Å². The smallest absolute Gasteiger partial charge is 0.223 e. The van der Waals surface area contributed by atoms with Gasteiger partial charge in [-0.25, -0.2) is 4.39 Å². The number of rotatable bonds is 5. The highest BCUT2D eigenvalue weighted by molar-refractivity contribution is 6.31. The molecule has 0 saturated heterocycles. The molecule has 2 atom stereocenters. The van der Waals surface area contributed by atoms with E-state index in [0.717, 1.165) is 6.42 Å². The molecule has 0 heterocycles. The highest BCUT2D eigenvalue weighted by atomic mass is 35.5. The lowest BCUT2D eigenvalue weighted by atomic mass is 10.1. The summed E-state index contributed by atoms with van der Waals surface area (Å²) in [6, 6.07) is 4.60. The number of amides is 1. The fourth-order valence-corrected chi connectivity index (χ4v) is 2.42. The first-order valence-corrected chi connectivity index (χ1v) is 6.44. The molecule has 0 aliphatic heterocycles. The lowest BCUT2D eigenvalue weighted by Crippen LogP contribution is -2.27. The lowest BCUT2D eigenvalue weighted by Gasteiger charge is -2.06. The Balaban J connectivity index is 1.96. The molecule has 1 aromatic rings. The minimum absolute atomic E-state index is 0.0345. The summed E-state index contributed by atoms with van der Waals surface area (Å²) in [5.41, 5.74) is 5.82. The van der Waals surface area contributed by atoms with Crippen molar-refractivity contribution < 1.29 is 9.18 Å². The number of carbonyl (C=O) groups is 1. The van der Waals surface area contributed by atoms with Crippen LogP contribution in [0.1, 0.15) is 24.3 Å². The summed E-state index contributed by atoms with van der Waals surface area (Å²) in [6.07, 6.45) is 1.42. The monoisotopic (exact) mass is 270 g/mol. The Morgan fingerprint density at radius 2 is 2.33 bits per heavy atom. The van der Waals surface area contributed by atoms with Crippen molar-refractivity contribution in [2.75, 3.05) is 13.1 Å². The molecule has 1 fully saturated rings. The van der Waals surface area contributed by atoms with Crippen molar-refractivity contribution in [1.82, 2.24) is 5.32 Å². The second-order valence-electron chi connectivity index (χ2n) is 4.52. The quantitative estimate of drug-likeness (QED) is 0.805. The molecule has 1 aromatic carbocycles. The van der Waals surface area contributed by atoms with Crippen LogP contribution >= 0.6 is 11.6 Å². The third-order valence-corrected chi connectivity index (χ3v) is 3.51. The number of nitrogens with one attached hydrogen (secondary N) is 1. The van der Waals surface area contributed by atoms with Gasteiger partial charge in [0.25, 0.3) is 0 Å². The predicted octanol–water partition coefficient (Wildman–Crippen LogP) is 2.05. The Kier molecular flexibility index (Phi) is 4.19. The van der Waals surface area contributed by atoms with E-state index in [1.165, 1.54) is 6.07 Å². The van der Waals surface area contributed by atoms with Crippen LogP contribution in [0.4, 0.5) is 4.39 Å². The fourth-order valence-electron chi connectivity index (χ4n) is 2.11. The summed E-state index contributed by atoms with van der Waals surface area (Å²) in [5.74, 6) is -0.605. The topological polar surface area (TPSA) is 55.1 Å². The first-order chi connectivity index (χ1) is 8.65. The second kappa shape index (κ2) is 5.67. The number of nitrogens with two attached hydrogens (primary N) is 1. The van der Waals surface area contributed by atoms with E-state index < -0.39 is 0 Å². The van der Waals surface area contributed by atoms with E-state index in [1.807, 2.05) is 0 Å². The number of hydrogen-bond donors (Lipinski definition) is 2. The molecule has 1 aliphatic carbocycles. The average molecular weight is 271 g/mol. The van der Waals surface area contributed by atoms with Crippen molar-refractivity contribution in [2.45, 2.75) is 18.8 Å². The summed E-state index contributed by atoms with van der Waals surface area (Å²) in [6.45, 7) is 1.12. The van der Waals surface area contributed by atoms with Gasteiger partial charge in [-0.1, -0.05) is 17.7 Å². The molecule has 0 aromatic heterocycles. The van der Waals surface area contributed by atoms with Gasteiger partial charge in [-0.2, -0.15) is 0 Å². The Labute approximate surface area is 111 Å². The molecule has 2 rings (SSSR count). The van der Waals surface area contributed by atoms with Crippen molar-refractivity contribution >= 4 is 17.5 Å². The molecule has 0 radical (unpaired) electrons. The summed E-state index contributed by atoms with van der Waals surface area (Å²) in [4.78, 5) is 11.8. The molecule has 1 aliphatic rings. The molecular formula is C13H16ClFN2O. The van der Waals surface area contributed by atoms with Gasteiger partial charge in [-0.3, -0.25) is 4.79 Å². The number of hydrogen-bond acceptors (Lipinski definition) is 2. The van der Waals surface area contributed by atoms with Gasteiger partial charge in [0, 0.05) is 29.0 Å². The Morgan fingerprint density at radius 1 is 1.56 bits per heavy atom. The van der Waals surface area contributed by atoms with Crippen LogP contribution in [0.2, 0.25) is 5.02 Å². The third-order valence-electron chi connectivity index (χ3n) is 3.18. The summed E-state index contributed by atoms with van der Waals surface area (Å²) < 4.78 is 13.7. The van der Waals surface area contributed by atoms with Crippen LogP contribution in [0, 0.1) is 11.7 Å². The Bertz CT molecular complexity index is 432. The summed E-state index contributed by atoms with van der Waals surface area (Å²) in [5, 5.41) is 3.20. The molecule has 3 nitrogen and oxygen atoms in total. The predicted molar refractivity (Wildman–Crippen MR) is 68.9 cm³/mol. The standard InChI is InChI=1S/C13H16ClFN2O/c14-10-3-1-4-11(15)12(10)8-7-9(8)13(18)17-6-2-5-16/h1,3-4,8-9H,2,5-7,16H2,(H,17,18). The van der Waals surface area contributed by atoms with Crippen LogP contribution < -0.4 is 11.1 Å². The van der Waals surface area contributed by atoms with Gasteiger partial charge in [0.1, 0.15) is 5.82 Å². The largest absolute Gasteiger partial charge is 0.356 e. The molecule has 98 valence electrons. The maximum absolute atomic E-state index is 13.7. The fraction of sp³-hybridized carbons (Fsp3) is 0.462. The maximum atomic E-state index is 13.7. The van der Waals surface area contributed by atoms with E-state index in [4.69, 9.17) is 17.3 Å². The van der Waals surface area contributed by atoms with Crippen LogP contribution in [0.15, 0.2) is 18.2 Å². The summed E-state index contributed by atoms with van der Waals surface area (Å²) in [7, 11) is 0.